The van der Waals surface area contributed by atoms with Crippen molar-refractivity contribution in [2.75, 3.05) is 13.2 Å². The zero-order chi connectivity index (χ0) is 15.2. The number of amides is 2. The lowest BCUT2D eigenvalue weighted by molar-refractivity contribution is 0.0945. The van der Waals surface area contributed by atoms with Crippen LogP contribution in [0.25, 0.3) is 0 Å². The molecule has 104 valence electrons. The molecule has 8 heteroatoms. The number of nitrogens with two attached hydrogens (primary N) is 1. The van der Waals surface area contributed by atoms with Crippen molar-refractivity contribution in [2.24, 2.45) is 5.73 Å². The first kappa shape index (κ1) is 13.7. The topological polar surface area (TPSA) is 114 Å². The highest BCUT2D eigenvalue weighted by molar-refractivity contribution is 7.17. The molecule has 1 rings (SSSR count). The summed E-state index contributed by atoms with van der Waals surface area (Å²) in [6.45, 7) is 0.0197. The number of rotatable bonds is 5. The van der Waals surface area contributed by atoms with Crippen LogP contribution in [0.5, 0.6) is 5.75 Å². The van der Waals surface area contributed by atoms with E-state index in [4.69, 9.17) is 16.9 Å². The first-order valence-electron chi connectivity index (χ1n) is 5.88. The molecular weight excluding hydrogens is 269 g/mol. The van der Waals surface area contributed by atoms with E-state index in [1.54, 1.807) is 0 Å². The van der Waals surface area contributed by atoms with E-state index in [9.17, 15) is 9.59 Å². The normalized spacial score (nSPS) is 13.9. The van der Waals surface area contributed by atoms with Crippen LogP contribution < -0.4 is 21.1 Å². The van der Waals surface area contributed by atoms with Crippen molar-refractivity contribution in [2.45, 2.75) is 5.88 Å². The van der Waals surface area contributed by atoms with E-state index in [0.717, 1.165) is 0 Å². The van der Waals surface area contributed by atoms with Gasteiger partial charge in [-0.3, -0.25) is 4.79 Å². The standard InChI is InChI=1S/C11H16N3O4P/c12-10(19)14-11(17)18-8-3-1-7(2-4-8)9(16)13-5-6-15/h1-4,10,15H,5-6,12,19H2,(H,13,16)(H,14,17)/i10D. The Balaban J connectivity index is 2.58. The van der Waals surface area contributed by atoms with E-state index in [1.807, 2.05) is 9.24 Å². The first-order valence-corrected chi connectivity index (χ1v) is 5.96. The second-order valence-corrected chi connectivity index (χ2v) is 4.10. The summed E-state index contributed by atoms with van der Waals surface area (Å²) in [5.41, 5.74) is 5.61. The van der Waals surface area contributed by atoms with Crippen LogP contribution in [-0.4, -0.2) is 36.1 Å². The molecule has 2 unspecified atom stereocenters. The van der Waals surface area contributed by atoms with Gasteiger partial charge in [0, 0.05) is 12.1 Å². The fourth-order valence-electron chi connectivity index (χ4n) is 1.20. The lowest BCUT2D eigenvalue weighted by atomic mass is 10.2. The van der Waals surface area contributed by atoms with Gasteiger partial charge in [-0.25, -0.2) is 4.79 Å². The molecule has 19 heavy (non-hydrogen) atoms. The number of aliphatic hydroxyl groups excluding tert-OH is 1. The molecule has 1 aromatic carbocycles. The predicted molar refractivity (Wildman–Crippen MR) is 72.7 cm³/mol. The molecule has 0 bridgehead atoms. The number of carbonyl (C=O) groups is 2. The molecule has 0 fully saturated rings. The van der Waals surface area contributed by atoms with Crippen LogP contribution in [0.15, 0.2) is 24.3 Å². The molecule has 0 aliphatic rings. The van der Waals surface area contributed by atoms with Gasteiger partial charge in [0.15, 0.2) is 0 Å². The summed E-state index contributed by atoms with van der Waals surface area (Å²) in [6.07, 6.45) is -0.880. The number of benzene rings is 1. The molecule has 0 aliphatic heterocycles. The van der Waals surface area contributed by atoms with E-state index in [2.05, 4.69) is 10.6 Å². The lowest BCUT2D eigenvalue weighted by Crippen LogP contribution is -2.38. The maximum absolute atomic E-state index is 11.5. The number of hydrogen-bond donors (Lipinski definition) is 4. The van der Waals surface area contributed by atoms with E-state index < -0.39 is 12.0 Å². The van der Waals surface area contributed by atoms with Crippen LogP contribution in [0, 0.1) is 0 Å². The minimum Gasteiger partial charge on any atom is -0.410 e. The Labute approximate surface area is 114 Å². The van der Waals surface area contributed by atoms with Crippen molar-refractivity contribution in [3.05, 3.63) is 29.8 Å². The van der Waals surface area contributed by atoms with Gasteiger partial charge < -0.3 is 26.2 Å². The summed E-state index contributed by atoms with van der Waals surface area (Å²) >= 11 is 0. The SMILES string of the molecule is [2H]C(N)(P)NC(=O)Oc1ccc(C(=O)NCCO)cc1. The van der Waals surface area contributed by atoms with Gasteiger partial charge >= 0.3 is 6.09 Å². The maximum Gasteiger partial charge on any atom is 0.414 e. The van der Waals surface area contributed by atoms with Crippen molar-refractivity contribution in [3.8, 4) is 5.75 Å². The first-order chi connectivity index (χ1) is 9.31. The van der Waals surface area contributed by atoms with Crippen molar-refractivity contribution < 1.29 is 20.8 Å². The molecule has 0 heterocycles. The molecule has 0 aliphatic carbocycles. The Kier molecular flexibility index (Phi) is 5.55. The van der Waals surface area contributed by atoms with Crippen LogP contribution in [0.4, 0.5) is 4.79 Å². The van der Waals surface area contributed by atoms with Gasteiger partial charge in [0.05, 0.1) is 13.9 Å². The smallest absolute Gasteiger partial charge is 0.410 e. The Hall–Kier alpha value is -1.69. The molecule has 7 nitrogen and oxygen atoms in total. The van der Waals surface area contributed by atoms with E-state index >= 15 is 0 Å². The molecule has 0 spiro atoms. The van der Waals surface area contributed by atoms with Gasteiger partial charge in [-0.15, -0.1) is 0 Å². The average molecular weight is 286 g/mol. The van der Waals surface area contributed by atoms with Crippen LogP contribution in [-0.2, 0) is 0 Å². The van der Waals surface area contributed by atoms with Gasteiger partial charge in [0.2, 0.25) is 0 Å². The summed E-state index contributed by atoms with van der Waals surface area (Å²) in [7, 11) is 1.92. The Morgan fingerprint density at radius 3 is 2.63 bits per heavy atom. The quantitative estimate of drug-likeness (QED) is 0.435. The third-order valence-electron chi connectivity index (χ3n) is 1.97. The molecule has 0 aromatic heterocycles. The van der Waals surface area contributed by atoms with Crippen LogP contribution in [0.2, 0.25) is 0 Å². The number of aliphatic hydroxyl groups is 1. The van der Waals surface area contributed by atoms with Crippen LogP contribution in [0.1, 0.15) is 11.7 Å². The predicted octanol–water partition coefficient (Wildman–Crippen LogP) is -0.386. The molecule has 2 atom stereocenters. The van der Waals surface area contributed by atoms with Crippen LogP contribution >= 0.6 is 9.24 Å². The highest BCUT2D eigenvalue weighted by Crippen LogP contribution is 2.12. The van der Waals surface area contributed by atoms with E-state index in [0.29, 0.717) is 5.56 Å². The summed E-state index contributed by atoms with van der Waals surface area (Å²) in [5, 5.41) is 13.2. The minimum absolute atomic E-state index is 0.143. The summed E-state index contributed by atoms with van der Waals surface area (Å²) in [5.74, 6) is -1.84. The van der Waals surface area contributed by atoms with E-state index in [-0.39, 0.29) is 24.8 Å². The van der Waals surface area contributed by atoms with Crippen molar-refractivity contribution >= 4 is 21.2 Å². The highest BCUT2D eigenvalue weighted by atomic mass is 31.0. The Morgan fingerprint density at radius 2 is 2.11 bits per heavy atom. The summed E-state index contributed by atoms with van der Waals surface area (Å²) in [4.78, 5) is 22.9. The molecule has 1 aromatic rings. The number of carbonyl (C=O) groups excluding carboxylic acids is 2. The molecular formula is C11H16N3O4P. The number of ether oxygens (including phenoxy) is 1. The minimum atomic E-state index is -1.71. The number of hydrogen-bond acceptors (Lipinski definition) is 5. The maximum atomic E-state index is 11.5. The fraction of sp³-hybridized carbons (Fsp3) is 0.273. The second-order valence-electron chi connectivity index (χ2n) is 3.47. The highest BCUT2D eigenvalue weighted by Gasteiger charge is 2.08. The summed E-state index contributed by atoms with van der Waals surface area (Å²) in [6, 6.07) is 5.79. The van der Waals surface area contributed by atoms with Gasteiger partial charge in [-0.05, 0) is 24.3 Å². The Morgan fingerprint density at radius 1 is 1.47 bits per heavy atom. The van der Waals surface area contributed by atoms with Crippen molar-refractivity contribution in [1.29, 1.82) is 0 Å². The van der Waals surface area contributed by atoms with Crippen molar-refractivity contribution in [1.82, 2.24) is 10.6 Å². The van der Waals surface area contributed by atoms with Gasteiger partial charge in [-0.1, -0.05) is 9.24 Å². The molecule has 0 saturated carbocycles. The second kappa shape index (κ2) is 7.68. The number of nitrogens with one attached hydrogen (secondary N) is 2. The van der Waals surface area contributed by atoms with Gasteiger partial charge in [-0.2, -0.15) is 0 Å². The molecule has 0 radical (unpaired) electrons. The third kappa shape index (κ3) is 5.65. The van der Waals surface area contributed by atoms with Gasteiger partial charge in [0.1, 0.15) is 5.75 Å². The molecule has 5 N–H and O–H groups in total. The zero-order valence-corrected chi connectivity index (χ0v) is 11.2. The monoisotopic (exact) mass is 286 g/mol. The van der Waals surface area contributed by atoms with E-state index in [1.165, 1.54) is 24.3 Å². The lowest BCUT2D eigenvalue weighted by Gasteiger charge is -2.09. The Bertz CT molecular complexity index is 476. The largest absolute Gasteiger partial charge is 0.414 e. The molecule has 0 saturated heterocycles. The van der Waals surface area contributed by atoms with Crippen molar-refractivity contribution in [3.63, 3.8) is 0 Å². The third-order valence-corrected chi connectivity index (χ3v) is 2.12. The average Bonchev–Trinajstić information content (AvgIpc) is 2.34. The van der Waals surface area contributed by atoms with Crippen LogP contribution in [0.3, 0.4) is 0 Å². The zero-order valence-electron chi connectivity index (χ0n) is 11.1. The van der Waals surface area contributed by atoms with Gasteiger partial charge in [0.25, 0.3) is 5.91 Å². The summed E-state index contributed by atoms with van der Waals surface area (Å²) < 4.78 is 12.1. The molecule has 2 amide bonds. The fourth-order valence-corrected chi connectivity index (χ4v) is 1.31.